The molecule has 0 aromatic heterocycles. The summed E-state index contributed by atoms with van der Waals surface area (Å²) >= 11 is 0. The molecule has 1 N–H and O–H groups in total. The summed E-state index contributed by atoms with van der Waals surface area (Å²) in [6.45, 7) is 0.736. The summed E-state index contributed by atoms with van der Waals surface area (Å²) < 4.78 is 5.77. The van der Waals surface area contributed by atoms with Crippen LogP contribution in [0.25, 0.3) is 0 Å². The molecular weight excluding hydrogens is 260 g/mol. The van der Waals surface area contributed by atoms with Crippen LogP contribution in [-0.2, 0) is 12.8 Å². The number of benzene rings is 2. The van der Waals surface area contributed by atoms with E-state index in [0.717, 1.165) is 43.6 Å². The molecule has 2 heteroatoms. The van der Waals surface area contributed by atoms with Crippen molar-refractivity contribution in [3.8, 4) is 5.75 Å². The lowest BCUT2D eigenvalue weighted by Crippen LogP contribution is -2.17. The van der Waals surface area contributed by atoms with E-state index in [9.17, 15) is 5.11 Å². The predicted octanol–water partition coefficient (Wildman–Crippen LogP) is 3.78. The molecule has 0 bridgehead atoms. The standard InChI is InChI=1S/C19H20O2/c20-18(17-10-4-7-14-11-12-21-19(14)17)16-9-3-6-13-5-1-2-8-15(13)16/h1-2,4-5,7-8,10,16,18,20H,3,6,9,11-12H2. The van der Waals surface area contributed by atoms with Gasteiger partial charge in [0.05, 0.1) is 12.7 Å². The number of aryl methyl sites for hydroxylation is 1. The van der Waals surface area contributed by atoms with E-state index in [1.54, 1.807) is 0 Å². The summed E-state index contributed by atoms with van der Waals surface area (Å²) in [4.78, 5) is 0. The highest BCUT2D eigenvalue weighted by Gasteiger charge is 2.30. The van der Waals surface area contributed by atoms with Gasteiger partial charge >= 0.3 is 0 Å². The summed E-state index contributed by atoms with van der Waals surface area (Å²) in [6.07, 6.45) is 3.80. The fourth-order valence-corrected chi connectivity index (χ4v) is 3.81. The van der Waals surface area contributed by atoms with Crippen LogP contribution in [0.15, 0.2) is 42.5 Å². The van der Waals surface area contributed by atoms with Crippen LogP contribution < -0.4 is 4.74 Å². The quantitative estimate of drug-likeness (QED) is 0.907. The van der Waals surface area contributed by atoms with Crippen LogP contribution in [0.3, 0.4) is 0 Å². The molecule has 21 heavy (non-hydrogen) atoms. The number of rotatable bonds is 2. The van der Waals surface area contributed by atoms with Crippen molar-refractivity contribution in [2.75, 3.05) is 6.61 Å². The fraction of sp³-hybridized carbons (Fsp3) is 0.368. The minimum absolute atomic E-state index is 0.186. The summed E-state index contributed by atoms with van der Waals surface area (Å²) in [7, 11) is 0. The number of para-hydroxylation sites is 1. The highest BCUT2D eigenvalue weighted by molar-refractivity contribution is 5.47. The summed E-state index contributed by atoms with van der Waals surface area (Å²) in [5, 5.41) is 11.0. The van der Waals surface area contributed by atoms with Gasteiger partial charge in [-0.3, -0.25) is 0 Å². The van der Waals surface area contributed by atoms with Crippen LogP contribution in [0.4, 0.5) is 0 Å². The van der Waals surface area contributed by atoms with Gasteiger partial charge in [0.2, 0.25) is 0 Å². The van der Waals surface area contributed by atoms with Crippen LogP contribution in [0.2, 0.25) is 0 Å². The highest BCUT2D eigenvalue weighted by atomic mass is 16.5. The first kappa shape index (κ1) is 12.9. The second-order valence-corrected chi connectivity index (χ2v) is 6.08. The monoisotopic (exact) mass is 280 g/mol. The van der Waals surface area contributed by atoms with Crippen molar-refractivity contribution in [1.82, 2.24) is 0 Å². The average Bonchev–Trinajstić information content (AvgIpc) is 3.02. The Morgan fingerprint density at radius 2 is 1.86 bits per heavy atom. The third kappa shape index (κ3) is 2.14. The Balaban J connectivity index is 1.73. The zero-order chi connectivity index (χ0) is 14.2. The largest absolute Gasteiger partial charge is 0.493 e. The van der Waals surface area contributed by atoms with Crippen molar-refractivity contribution in [2.45, 2.75) is 37.7 Å². The van der Waals surface area contributed by atoms with E-state index in [2.05, 4.69) is 30.3 Å². The Hall–Kier alpha value is -1.80. The van der Waals surface area contributed by atoms with E-state index in [0.29, 0.717) is 0 Å². The second-order valence-electron chi connectivity index (χ2n) is 6.08. The van der Waals surface area contributed by atoms with Gasteiger partial charge in [0.25, 0.3) is 0 Å². The molecule has 1 aliphatic heterocycles. The maximum Gasteiger partial charge on any atom is 0.128 e. The Bertz CT molecular complexity index is 662. The molecule has 4 rings (SSSR count). The molecule has 0 saturated carbocycles. The number of aliphatic hydroxyl groups excluding tert-OH is 1. The van der Waals surface area contributed by atoms with Crippen LogP contribution in [0.5, 0.6) is 5.75 Å². The van der Waals surface area contributed by atoms with Gasteiger partial charge in [-0.2, -0.15) is 0 Å². The smallest absolute Gasteiger partial charge is 0.128 e. The Labute approximate surface area is 125 Å². The van der Waals surface area contributed by atoms with Crippen molar-refractivity contribution in [3.63, 3.8) is 0 Å². The number of ether oxygens (including phenoxy) is 1. The minimum Gasteiger partial charge on any atom is -0.493 e. The minimum atomic E-state index is -0.473. The lowest BCUT2D eigenvalue weighted by atomic mass is 9.77. The van der Waals surface area contributed by atoms with E-state index >= 15 is 0 Å². The number of hydrogen-bond donors (Lipinski definition) is 1. The molecule has 108 valence electrons. The van der Waals surface area contributed by atoms with Gasteiger partial charge in [0, 0.05) is 17.9 Å². The molecule has 2 aromatic rings. The summed E-state index contributed by atoms with van der Waals surface area (Å²) in [5.74, 6) is 1.11. The van der Waals surface area contributed by atoms with Crippen molar-refractivity contribution >= 4 is 0 Å². The number of fused-ring (bicyclic) bond motifs is 2. The molecule has 0 radical (unpaired) electrons. The molecule has 2 aliphatic rings. The van der Waals surface area contributed by atoms with Gasteiger partial charge < -0.3 is 9.84 Å². The van der Waals surface area contributed by atoms with E-state index in [1.165, 1.54) is 16.7 Å². The second kappa shape index (κ2) is 5.19. The Morgan fingerprint density at radius 3 is 2.81 bits per heavy atom. The third-order valence-electron chi connectivity index (χ3n) is 4.86. The van der Waals surface area contributed by atoms with E-state index in [4.69, 9.17) is 4.74 Å². The zero-order valence-corrected chi connectivity index (χ0v) is 12.1. The van der Waals surface area contributed by atoms with Crippen molar-refractivity contribution in [2.24, 2.45) is 0 Å². The van der Waals surface area contributed by atoms with E-state index in [1.807, 2.05) is 12.1 Å². The summed E-state index contributed by atoms with van der Waals surface area (Å²) in [5.41, 5.74) is 4.90. The molecular formula is C19H20O2. The molecule has 2 unspecified atom stereocenters. The normalized spacial score (nSPS) is 21.3. The number of hydrogen-bond acceptors (Lipinski definition) is 2. The van der Waals surface area contributed by atoms with E-state index < -0.39 is 6.10 Å². The predicted molar refractivity (Wildman–Crippen MR) is 82.7 cm³/mol. The molecule has 0 spiro atoms. The molecule has 1 aliphatic carbocycles. The fourth-order valence-electron chi connectivity index (χ4n) is 3.81. The zero-order valence-electron chi connectivity index (χ0n) is 12.1. The molecule has 0 fully saturated rings. The van der Waals surface area contributed by atoms with Gasteiger partial charge in [-0.1, -0.05) is 42.5 Å². The van der Waals surface area contributed by atoms with E-state index in [-0.39, 0.29) is 5.92 Å². The lowest BCUT2D eigenvalue weighted by Gasteiger charge is -2.30. The molecule has 1 heterocycles. The first-order valence-electron chi connectivity index (χ1n) is 7.85. The van der Waals surface area contributed by atoms with Crippen LogP contribution in [-0.4, -0.2) is 11.7 Å². The van der Waals surface area contributed by atoms with Crippen molar-refractivity contribution < 1.29 is 9.84 Å². The van der Waals surface area contributed by atoms with Gasteiger partial charge in [-0.15, -0.1) is 0 Å². The summed E-state index contributed by atoms with van der Waals surface area (Å²) in [6, 6.07) is 14.7. The van der Waals surface area contributed by atoms with Crippen LogP contribution >= 0.6 is 0 Å². The molecule has 0 saturated heterocycles. The first-order chi connectivity index (χ1) is 10.3. The highest BCUT2D eigenvalue weighted by Crippen LogP contribution is 2.44. The van der Waals surface area contributed by atoms with Crippen LogP contribution in [0, 0.1) is 0 Å². The SMILES string of the molecule is OC(c1cccc2c1OCC2)C1CCCc2ccccc21. The van der Waals surface area contributed by atoms with Gasteiger partial charge in [-0.05, 0) is 36.0 Å². The van der Waals surface area contributed by atoms with Crippen LogP contribution in [0.1, 0.15) is 47.1 Å². The molecule has 2 nitrogen and oxygen atoms in total. The van der Waals surface area contributed by atoms with Gasteiger partial charge in [0.1, 0.15) is 5.75 Å². The maximum atomic E-state index is 11.0. The molecule has 2 atom stereocenters. The third-order valence-corrected chi connectivity index (χ3v) is 4.86. The topological polar surface area (TPSA) is 29.5 Å². The van der Waals surface area contributed by atoms with Crippen molar-refractivity contribution in [1.29, 1.82) is 0 Å². The number of aliphatic hydroxyl groups is 1. The van der Waals surface area contributed by atoms with Crippen molar-refractivity contribution in [3.05, 3.63) is 64.7 Å². The maximum absolute atomic E-state index is 11.0. The Kier molecular flexibility index (Phi) is 3.19. The molecule has 2 aromatic carbocycles. The first-order valence-corrected chi connectivity index (χ1v) is 7.85. The lowest BCUT2D eigenvalue weighted by molar-refractivity contribution is 0.132. The molecule has 0 amide bonds. The van der Waals surface area contributed by atoms with Gasteiger partial charge in [0.15, 0.2) is 0 Å². The van der Waals surface area contributed by atoms with Gasteiger partial charge in [-0.25, -0.2) is 0 Å². The Morgan fingerprint density at radius 1 is 1.00 bits per heavy atom. The average molecular weight is 280 g/mol.